The normalized spacial score (nSPS) is 11.5. The highest BCUT2D eigenvalue weighted by Crippen LogP contribution is 2.24. The first-order valence-electron chi connectivity index (χ1n) is 5.77. The smallest absolute Gasteiger partial charge is 0.201 e. The van der Waals surface area contributed by atoms with E-state index in [9.17, 15) is 8.42 Å². The number of rotatable bonds is 4. The van der Waals surface area contributed by atoms with E-state index in [0.717, 1.165) is 17.6 Å². The minimum absolute atomic E-state index is 0.0130. The zero-order valence-corrected chi connectivity index (χ0v) is 12.0. The summed E-state index contributed by atoms with van der Waals surface area (Å²) in [4.78, 5) is 0. The first-order chi connectivity index (χ1) is 9.32. The van der Waals surface area contributed by atoms with Crippen molar-refractivity contribution < 1.29 is 13.2 Å². The molecule has 0 aliphatic rings. The van der Waals surface area contributed by atoms with Crippen LogP contribution in [0.25, 0.3) is 0 Å². The van der Waals surface area contributed by atoms with Gasteiger partial charge in [-0.15, -0.1) is 0 Å². The van der Waals surface area contributed by atoms with Gasteiger partial charge >= 0.3 is 0 Å². The third-order valence-electron chi connectivity index (χ3n) is 2.84. The van der Waals surface area contributed by atoms with E-state index < -0.39 is 9.84 Å². The van der Waals surface area contributed by atoms with E-state index in [2.05, 4.69) is 5.10 Å². The molecule has 2 aromatic rings. The van der Waals surface area contributed by atoms with Gasteiger partial charge in [-0.2, -0.15) is 5.10 Å². The van der Waals surface area contributed by atoms with Gasteiger partial charge in [-0.05, 0) is 17.7 Å². The molecule has 4 N–H and O–H groups in total. The molecule has 1 aromatic heterocycles. The predicted octanol–water partition coefficient (Wildman–Crippen LogP) is 0.508. The number of anilines is 2. The summed E-state index contributed by atoms with van der Waals surface area (Å²) in [5.41, 5.74) is 12.4. The topological polar surface area (TPSA) is 113 Å². The van der Waals surface area contributed by atoms with Gasteiger partial charge in [-0.3, -0.25) is 0 Å². The second-order valence-corrected chi connectivity index (χ2v) is 6.31. The maximum Gasteiger partial charge on any atom is 0.201 e. The molecule has 0 radical (unpaired) electrons. The Balaban J connectivity index is 2.34. The monoisotopic (exact) mass is 296 g/mol. The second kappa shape index (κ2) is 5.04. The lowest BCUT2D eigenvalue weighted by molar-refractivity contribution is 0.414. The Kier molecular flexibility index (Phi) is 3.58. The zero-order chi connectivity index (χ0) is 14.9. The molecule has 108 valence electrons. The number of ether oxygens (including phenoxy) is 1. The summed E-state index contributed by atoms with van der Waals surface area (Å²) in [6.45, 7) is 0.329. The molecule has 8 heteroatoms. The van der Waals surface area contributed by atoms with Crippen LogP contribution in [0.3, 0.4) is 0 Å². The van der Waals surface area contributed by atoms with Crippen LogP contribution < -0.4 is 16.2 Å². The molecule has 0 saturated heterocycles. The lowest BCUT2D eigenvalue weighted by Gasteiger charge is -2.05. The highest BCUT2D eigenvalue weighted by molar-refractivity contribution is 7.90. The summed E-state index contributed by atoms with van der Waals surface area (Å²) in [7, 11) is -1.91. The molecule has 20 heavy (non-hydrogen) atoms. The molecule has 0 amide bonds. The molecule has 1 heterocycles. The third kappa shape index (κ3) is 2.69. The van der Waals surface area contributed by atoms with Gasteiger partial charge in [0.25, 0.3) is 0 Å². The van der Waals surface area contributed by atoms with E-state index in [1.54, 1.807) is 19.2 Å². The summed E-state index contributed by atoms with van der Waals surface area (Å²) < 4.78 is 29.5. The maximum atomic E-state index is 11.5. The maximum absolute atomic E-state index is 11.5. The van der Waals surface area contributed by atoms with E-state index >= 15 is 0 Å². The summed E-state index contributed by atoms with van der Waals surface area (Å²) in [5.74, 6) is 0.875. The number of hydrogen-bond acceptors (Lipinski definition) is 6. The van der Waals surface area contributed by atoms with Crippen LogP contribution in [0.2, 0.25) is 0 Å². The van der Waals surface area contributed by atoms with Crippen molar-refractivity contribution in [2.75, 3.05) is 24.8 Å². The minimum atomic E-state index is -3.50. The molecule has 0 unspecified atom stereocenters. The Labute approximate surface area is 117 Å². The van der Waals surface area contributed by atoms with Crippen LogP contribution in [0.1, 0.15) is 5.56 Å². The fourth-order valence-electron chi connectivity index (χ4n) is 1.76. The van der Waals surface area contributed by atoms with Crippen LogP contribution in [-0.4, -0.2) is 31.6 Å². The van der Waals surface area contributed by atoms with Crippen LogP contribution in [0.15, 0.2) is 29.3 Å². The summed E-state index contributed by atoms with van der Waals surface area (Å²) >= 11 is 0. The van der Waals surface area contributed by atoms with Crippen molar-refractivity contribution in [3.05, 3.63) is 29.8 Å². The number of nitrogens with two attached hydrogens (primary N) is 2. The van der Waals surface area contributed by atoms with Crippen LogP contribution in [0.4, 0.5) is 11.5 Å². The molecular weight excluding hydrogens is 280 g/mol. The summed E-state index contributed by atoms with van der Waals surface area (Å²) in [5, 5.41) is 3.77. The molecule has 0 aliphatic carbocycles. The van der Waals surface area contributed by atoms with Gasteiger partial charge < -0.3 is 16.2 Å². The van der Waals surface area contributed by atoms with Crippen molar-refractivity contribution >= 4 is 21.3 Å². The number of benzene rings is 1. The second-order valence-electron chi connectivity index (χ2n) is 4.38. The molecule has 0 aliphatic heterocycles. The first-order valence-corrected chi connectivity index (χ1v) is 7.67. The Morgan fingerprint density at radius 2 is 1.85 bits per heavy atom. The standard InChI is InChI=1S/C12H16N4O3S/c1-19-9-5-3-8(4-6-9)7-16-11(14)10(13)12(15-16)20(2,17)18/h3-6H,7,13-14H2,1-2H3. The average Bonchev–Trinajstić information content (AvgIpc) is 2.68. The van der Waals surface area contributed by atoms with Crippen molar-refractivity contribution in [2.24, 2.45) is 0 Å². The van der Waals surface area contributed by atoms with Crippen LogP contribution >= 0.6 is 0 Å². The fourth-order valence-corrected chi connectivity index (χ4v) is 2.52. The fraction of sp³-hybridized carbons (Fsp3) is 0.250. The number of methoxy groups -OCH3 is 1. The largest absolute Gasteiger partial charge is 0.497 e. The van der Waals surface area contributed by atoms with Crippen molar-refractivity contribution in [3.8, 4) is 5.75 Å². The molecule has 0 atom stereocenters. The minimum Gasteiger partial charge on any atom is -0.497 e. The molecule has 0 fully saturated rings. The van der Waals surface area contributed by atoms with Crippen LogP contribution in [-0.2, 0) is 16.4 Å². The number of hydrogen-bond donors (Lipinski definition) is 2. The first kappa shape index (κ1) is 14.2. The SMILES string of the molecule is COc1ccc(Cn2nc(S(C)(=O)=O)c(N)c2N)cc1. The van der Waals surface area contributed by atoms with Crippen LogP contribution in [0, 0.1) is 0 Å². The lowest BCUT2D eigenvalue weighted by Crippen LogP contribution is -2.07. The Hall–Kier alpha value is -2.22. The highest BCUT2D eigenvalue weighted by atomic mass is 32.2. The van der Waals surface area contributed by atoms with E-state index in [-0.39, 0.29) is 16.5 Å². The highest BCUT2D eigenvalue weighted by Gasteiger charge is 2.21. The van der Waals surface area contributed by atoms with Gasteiger partial charge in [0.05, 0.1) is 13.7 Å². The molecule has 0 bridgehead atoms. The average molecular weight is 296 g/mol. The molecule has 2 rings (SSSR count). The van der Waals surface area contributed by atoms with Crippen molar-refractivity contribution in [2.45, 2.75) is 11.6 Å². The van der Waals surface area contributed by atoms with E-state index in [4.69, 9.17) is 16.2 Å². The van der Waals surface area contributed by atoms with Crippen molar-refractivity contribution in [1.82, 2.24) is 9.78 Å². The predicted molar refractivity (Wildman–Crippen MR) is 76.3 cm³/mol. The van der Waals surface area contributed by atoms with Gasteiger partial charge in [0.1, 0.15) is 17.3 Å². The Morgan fingerprint density at radius 1 is 1.25 bits per heavy atom. The molecule has 0 spiro atoms. The number of nitrogens with zero attached hydrogens (tertiary/aromatic N) is 2. The van der Waals surface area contributed by atoms with Crippen LogP contribution in [0.5, 0.6) is 5.75 Å². The molecular formula is C12H16N4O3S. The van der Waals surface area contributed by atoms with Crippen molar-refractivity contribution in [3.63, 3.8) is 0 Å². The Morgan fingerprint density at radius 3 is 2.30 bits per heavy atom. The van der Waals surface area contributed by atoms with Gasteiger partial charge in [-0.1, -0.05) is 12.1 Å². The van der Waals surface area contributed by atoms with Gasteiger partial charge in [-0.25, -0.2) is 13.1 Å². The quantitative estimate of drug-likeness (QED) is 0.849. The zero-order valence-electron chi connectivity index (χ0n) is 11.2. The van der Waals surface area contributed by atoms with E-state index in [0.29, 0.717) is 6.54 Å². The van der Waals surface area contributed by atoms with E-state index in [1.165, 1.54) is 4.68 Å². The lowest BCUT2D eigenvalue weighted by atomic mass is 10.2. The Bertz CT molecular complexity index is 720. The molecule has 7 nitrogen and oxygen atoms in total. The van der Waals surface area contributed by atoms with Gasteiger partial charge in [0, 0.05) is 6.26 Å². The van der Waals surface area contributed by atoms with Crippen molar-refractivity contribution in [1.29, 1.82) is 0 Å². The van der Waals surface area contributed by atoms with E-state index in [1.807, 2.05) is 12.1 Å². The summed E-state index contributed by atoms with van der Waals surface area (Å²) in [6.07, 6.45) is 1.04. The van der Waals surface area contributed by atoms with Gasteiger partial charge in [0.15, 0.2) is 9.84 Å². The number of sulfone groups is 1. The number of aromatic nitrogens is 2. The third-order valence-corrected chi connectivity index (χ3v) is 3.84. The molecule has 1 aromatic carbocycles. The number of nitrogen functional groups attached to an aromatic ring is 2. The van der Waals surface area contributed by atoms with Gasteiger partial charge in [0.2, 0.25) is 5.03 Å². The molecule has 0 saturated carbocycles. The summed E-state index contributed by atoms with van der Waals surface area (Å²) in [6, 6.07) is 7.29.